The fourth-order valence-electron chi connectivity index (χ4n) is 4.31. The summed E-state index contributed by atoms with van der Waals surface area (Å²) >= 11 is 8.15. The van der Waals surface area contributed by atoms with Crippen LogP contribution in [0.1, 0.15) is 42.3 Å². The van der Waals surface area contributed by atoms with E-state index in [1.54, 1.807) is 48.2 Å². The van der Waals surface area contributed by atoms with Gasteiger partial charge < -0.3 is 14.4 Å². The number of carbonyl (C=O) groups excluding carboxylic acids is 5. The van der Waals surface area contributed by atoms with Crippen LogP contribution in [0.2, 0.25) is 4.34 Å². The summed E-state index contributed by atoms with van der Waals surface area (Å²) in [5.41, 5.74) is 1.28. The lowest BCUT2D eigenvalue weighted by molar-refractivity contribution is -0.129. The SMILES string of the molecule is CCC(=O)SNCCCCC(=O)N(C[C@H]1CN(c2ccc(N3CCOCC3=O)cc2)C(=O)O1)C(=O)c1ccc(Cl)s1.Cl. The van der Waals surface area contributed by atoms with E-state index >= 15 is 0 Å². The van der Waals surface area contributed by atoms with E-state index in [1.165, 1.54) is 4.90 Å². The summed E-state index contributed by atoms with van der Waals surface area (Å²) in [5, 5.41) is 0.0377. The highest BCUT2D eigenvalue weighted by Crippen LogP contribution is 2.27. The smallest absolute Gasteiger partial charge is 0.414 e. The second-order valence-corrected chi connectivity index (χ2v) is 12.0. The van der Waals surface area contributed by atoms with Gasteiger partial charge in [0, 0.05) is 37.3 Å². The normalized spacial score (nSPS) is 16.7. The number of halogens is 2. The third-order valence-corrected chi connectivity index (χ3v) is 8.53. The molecule has 0 saturated carbocycles. The van der Waals surface area contributed by atoms with Crippen molar-refractivity contribution in [3.63, 3.8) is 0 Å². The molecule has 1 aromatic heterocycles. The first-order chi connectivity index (χ1) is 19.8. The summed E-state index contributed by atoms with van der Waals surface area (Å²) in [6.45, 7) is 3.31. The van der Waals surface area contributed by atoms with Gasteiger partial charge in [-0.25, -0.2) is 4.79 Å². The number of hydrogen-bond acceptors (Lipinski definition) is 10. The number of unbranched alkanes of at least 4 members (excludes halogenated alkanes) is 1. The molecule has 2 aromatic rings. The van der Waals surface area contributed by atoms with Gasteiger partial charge in [-0.15, -0.1) is 23.7 Å². The number of nitrogens with one attached hydrogen (secondary N) is 1. The number of imide groups is 1. The second-order valence-electron chi connectivity index (χ2n) is 9.32. The second kappa shape index (κ2) is 16.2. The highest BCUT2D eigenvalue weighted by atomic mass is 35.5. The molecule has 0 aliphatic carbocycles. The van der Waals surface area contributed by atoms with E-state index < -0.39 is 18.1 Å². The topological polar surface area (TPSA) is 126 Å². The molecular formula is C27H32Cl2N4O7S2. The summed E-state index contributed by atoms with van der Waals surface area (Å²) in [6, 6.07) is 10.1. The van der Waals surface area contributed by atoms with Crippen molar-refractivity contribution in [3.8, 4) is 0 Å². The number of thiophene rings is 1. The van der Waals surface area contributed by atoms with Crippen molar-refractivity contribution in [2.75, 3.05) is 49.2 Å². The van der Waals surface area contributed by atoms with Crippen LogP contribution in [-0.4, -0.2) is 79.3 Å². The first-order valence-electron chi connectivity index (χ1n) is 13.3. The molecule has 4 rings (SSSR count). The van der Waals surface area contributed by atoms with Gasteiger partial charge in [-0.2, -0.15) is 0 Å². The third kappa shape index (κ3) is 8.91. The quantitative estimate of drug-likeness (QED) is 0.259. The van der Waals surface area contributed by atoms with Crippen LogP contribution in [0.4, 0.5) is 16.2 Å². The number of anilines is 2. The van der Waals surface area contributed by atoms with Crippen molar-refractivity contribution in [1.82, 2.24) is 9.62 Å². The maximum atomic E-state index is 13.3. The van der Waals surface area contributed by atoms with Crippen LogP contribution in [-0.2, 0) is 23.9 Å². The predicted molar refractivity (Wildman–Crippen MR) is 165 cm³/mol. The number of rotatable bonds is 12. The fraction of sp³-hybridized carbons (Fsp3) is 0.444. The molecule has 0 unspecified atom stereocenters. The molecule has 1 N–H and O–H groups in total. The lowest BCUT2D eigenvalue weighted by atomic mass is 10.2. The number of carbonyl (C=O) groups is 5. The number of cyclic esters (lactones) is 1. The van der Waals surface area contributed by atoms with Gasteiger partial charge >= 0.3 is 6.09 Å². The minimum Gasteiger partial charge on any atom is -0.442 e. The minimum absolute atomic E-state index is 0. The third-order valence-electron chi connectivity index (χ3n) is 6.44. The van der Waals surface area contributed by atoms with Gasteiger partial charge in [0.25, 0.3) is 11.8 Å². The molecule has 42 heavy (non-hydrogen) atoms. The van der Waals surface area contributed by atoms with Gasteiger partial charge in [-0.1, -0.05) is 18.5 Å². The summed E-state index contributed by atoms with van der Waals surface area (Å²) < 4.78 is 14.1. The lowest BCUT2D eigenvalue weighted by Gasteiger charge is -2.27. The molecule has 11 nitrogen and oxygen atoms in total. The fourth-order valence-corrected chi connectivity index (χ4v) is 5.85. The van der Waals surface area contributed by atoms with Crippen LogP contribution >= 0.6 is 47.3 Å². The zero-order chi connectivity index (χ0) is 29.4. The standard InChI is InChI=1S/C27H31ClN4O7S2.ClH/c1-2-25(35)41-29-12-4-3-5-23(33)32(26(36)21-10-11-22(28)40-21)16-20-15-31(27(37)39-20)19-8-6-18(7-9-19)30-13-14-38-17-24(30)34;/h6-11,20,29H,2-5,12-17H2,1H3;1H/t20-;/m1./s1. The molecule has 0 bridgehead atoms. The molecule has 1 aromatic carbocycles. The van der Waals surface area contributed by atoms with Gasteiger partial charge in [-0.05, 0) is 61.2 Å². The lowest BCUT2D eigenvalue weighted by Crippen LogP contribution is -2.43. The van der Waals surface area contributed by atoms with E-state index in [0.717, 1.165) is 28.2 Å². The Balaban J connectivity index is 0.00000484. The average Bonchev–Trinajstić information content (AvgIpc) is 3.58. The zero-order valence-electron chi connectivity index (χ0n) is 22.9. The van der Waals surface area contributed by atoms with E-state index in [0.29, 0.717) is 59.5 Å². The molecule has 228 valence electrons. The van der Waals surface area contributed by atoms with Gasteiger partial charge in [0.2, 0.25) is 11.0 Å². The molecule has 15 heteroatoms. The largest absolute Gasteiger partial charge is 0.442 e. The van der Waals surface area contributed by atoms with Gasteiger partial charge in [0.05, 0.1) is 28.9 Å². The molecule has 0 spiro atoms. The van der Waals surface area contributed by atoms with E-state index in [9.17, 15) is 24.0 Å². The summed E-state index contributed by atoms with van der Waals surface area (Å²) in [6.07, 6.45) is 0.380. The average molecular weight is 660 g/mol. The molecular weight excluding hydrogens is 627 g/mol. The van der Waals surface area contributed by atoms with E-state index in [4.69, 9.17) is 21.1 Å². The van der Waals surface area contributed by atoms with Crippen LogP contribution in [0.25, 0.3) is 0 Å². The summed E-state index contributed by atoms with van der Waals surface area (Å²) in [5.74, 6) is -1.01. The van der Waals surface area contributed by atoms with Crippen LogP contribution in [0.3, 0.4) is 0 Å². The number of hydrogen-bond donors (Lipinski definition) is 1. The van der Waals surface area contributed by atoms with Gasteiger partial charge in [0.1, 0.15) is 12.7 Å². The number of nitrogens with zero attached hydrogens (tertiary/aromatic N) is 3. The number of morpholine rings is 1. The number of amides is 4. The van der Waals surface area contributed by atoms with Crippen LogP contribution in [0.5, 0.6) is 0 Å². The van der Waals surface area contributed by atoms with Crippen molar-refractivity contribution >= 4 is 87.6 Å². The molecule has 1 atom stereocenters. The Morgan fingerprint density at radius 3 is 2.45 bits per heavy atom. The van der Waals surface area contributed by atoms with Crippen LogP contribution < -0.4 is 14.5 Å². The molecule has 4 amide bonds. The Morgan fingerprint density at radius 2 is 1.81 bits per heavy atom. The molecule has 2 saturated heterocycles. The van der Waals surface area contributed by atoms with Crippen molar-refractivity contribution in [3.05, 3.63) is 45.6 Å². The monoisotopic (exact) mass is 658 g/mol. The molecule has 2 aliphatic rings. The Hall–Kier alpha value is -2.68. The Labute approximate surface area is 263 Å². The Bertz CT molecular complexity index is 1280. The van der Waals surface area contributed by atoms with Crippen molar-refractivity contribution < 1.29 is 33.4 Å². The Kier molecular flexibility index (Phi) is 13.1. The highest BCUT2D eigenvalue weighted by Gasteiger charge is 2.36. The highest BCUT2D eigenvalue weighted by molar-refractivity contribution is 8.11. The Morgan fingerprint density at radius 1 is 1.10 bits per heavy atom. The van der Waals surface area contributed by atoms with Gasteiger partial charge in [-0.3, -0.25) is 33.7 Å². The molecule has 2 fully saturated rings. The van der Waals surface area contributed by atoms with Crippen molar-refractivity contribution in [1.29, 1.82) is 0 Å². The van der Waals surface area contributed by atoms with E-state index in [-0.39, 0.29) is 55.5 Å². The maximum Gasteiger partial charge on any atom is 0.414 e. The number of benzene rings is 1. The van der Waals surface area contributed by atoms with Crippen LogP contribution in [0.15, 0.2) is 36.4 Å². The van der Waals surface area contributed by atoms with Crippen LogP contribution in [0, 0.1) is 0 Å². The molecule has 0 radical (unpaired) electrons. The number of ether oxygens (including phenoxy) is 2. The zero-order valence-corrected chi connectivity index (χ0v) is 26.1. The maximum absolute atomic E-state index is 13.3. The van der Waals surface area contributed by atoms with Gasteiger partial charge in [0.15, 0.2) is 0 Å². The van der Waals surface area contributed by atoms with E-state index in [2.05, 4.69) is 4.72 Å². The van der Waals surface area contributed by atoms with Crippen molar-refractivity contribution in [2.24, 2.45) is 0 Å². The predicted octanol–water partition coefficient (Wildman–Crippen LogP) is 4.53. The first kappa shape index (κ1) is 33.8. The molecule has 2 aliphatic heterocycles. The summed E-state index contributed by atoms with van der Waals surface area (Å²) in [4.78, 5) is 67.2. The summed E-state index contributed by atoms with van der Waals surface area (Å²) in [7, 11) is 0. The first-order valence-corrected chi connectivity index (χ1v) is 15.3. The minimum atomic E-state index is -0.732. The van der Waals surface area contributed by atoms with E-state index in [1.807, 2.05) is 0 Å². The van der Waals surface area contributed by atoms with Crippen molar-refractivity contribution in [2.45, 2.75) is 38.7 Å². The molecule has 3 heterocycles.